The summed E-state index contributed by atoms with van der Waals surface area (Å²) in [5, 5.41) is 5.93. The Morgan fingerprint density at radius 3 is 2.39 bits per heavy atom. The maximum atomic E-state index is 13.8. The number of hydrogen-bond donors (Lipinski definition) is 2. The Bertz CT molecular complexity index is 1510. The Labute approximate surface area is 248 Å². The second kappa shape index (κ2) is 12.5. The van der Waals surface area contributed by atoms with Crippen LogP contribution in [0.1, 0.15) is 23.1 Å². The number of ether oxygens (including phenoxy) is 1. The highest BCUT2D eigenvalue weighted by molar-refractivity contribution is 8.00. The number of carbonyl (C=O) groups excluding carboxylic acids is 3. The summed E-state index contributed by atoms with van der Waals surface area (Å²) in [5.41, 5.74) is 8.81. The second-order valence-corrected chi connectivity index (χ2v) is 10.9. The van der Waals surface area contributed by atoms with Gasteiger partial charge in [-0.3, -0.25) is 14.5 Å². The van der Waals surface area contributed by atoms with Crippen molar-refractivity contribution in [3.05, 3.63) is 100 Å². The number of fused-ring (bicyclic) bond motifs is 1. The maximum Gasteiger partial charge on any atom is 0.356 e. The fourth-order valence-electron chi connectivity index (χ4n) is 4.40. The van der Waals surface area contributed by atoms with E-state index in [1.165, 1.54) is 29.3 Å². The van der Waals surface area contributed by atoms with Gasteiger partial charge in [-0.15, -0.1) is 11.8 Å². The first-order chi connectivity index (χ1) is 19.9. The van der Waals surface area contributed by atoms with Crippen molar-refractivity contribution in [1.29, 1.82) is 0 Å². The largest absolute Gasteiger partial charge is 0.448 e. The van der Waals surface area contributed by atoms with Crippen molar-refractivity contribution in [3.8, 4) is 0 Å². The molecular weight excluding hydrogens is 588 g/mol. The van der Waals surface area contributed by atoms with E-state index in [0.29, 0.717) is 11.3 Å². The fourth-order valence-corrected chi connectivity index (χ4v) is 6.30. The lowest BCUT2D eigenvalue weighted by Crippen LogP contribution is -2.71. The van der Waals surface area contributed by atoms with E-state index in [9.17, 15) is 14.4 Å². The van der Waals surface area contributed by atoms with Crippen LogP contribution in [0.5, 0.6) is 0 Å². The first-order valence-electron chi connectivity index (χ1n) is 12.2. The highest BCUT2D eigenvalue weighted by Gasteiger charge is 2.54. The zero-order valence-corrected chi connectivity index (χ0v) is 23.9. The van der Waals surface area contributed by atoms with Gasteiger partial charge in [-0.2, -0.15) is 9.36 Å². The Morgan fingerprint density at radius 1 is 1.17 bits per heavy atom. The number of hydrogen-bond acceptors (Lipinski definition) is 11. The monoisotopic (exact) mass is 610 g/mol. The lowest BCUT2D eigenvalue weighted by Gasteiger charge is -2.49. The molecule has 5 rings (SSSR count). The highest BCUT2D eigenvalue weighted by Crippen LogP contribution is 2.42. The average Bonchev–Trinajstić information content (AvgIpc) is 3.43. The number of amides is 2. The van der Waals surface area contributed by atoms with Gasteiger partial charge in [0, 0.05) is 22.8 Å². The van der Waals surface area contributed by atoms with Crippen LogP contribution in [0, 0.1) is 0 Å². The van der Waals surface area contributed by atoms with Crippen LogP contribution in [-0.2, 0) is 24.0 Å². The number of nitrogens with one attached hydrogen (secondary N) is 1. The molecule has 14 heteroatoms. The summed E-state index contributed by atoms with van der Waals surface area (Å²) in [6, 6.07) is 17.7. The minimum atomic E-state index is -0.950. The SMILES string of the molecule is CON=C(C(=O)NC1C(=O)N2C(C(=O)OC(c3ccccc3)c3ccccc3)=C(/C=C/Cl)CS[C@@H]12)c1nsc(N)n1. The third kappa shape index (κ3) is 5.82. The summed E-state index contributed by atoms with van der Waals surface area (Å²) in [5.74, 6) is -1.60. The molecule has 0 saturated carbocycles. The van der Waals surface area contributed by atoms with E-state index < -0.39 is 35.3 Å². The van der Waals surface area contributed by atoms with Crippen molar-refractivity contribution in [3.63, 3.8) is 0 Å². The Morgan fingerprint density at radius 2 is 1.83 bits per heavy atom. The number of anilines is 1. The van der Waals surface area contributed by atoms with E-state index in [-0.39, 0.29) is 22.4 Å². The fraction of sp³-hybridized carbons (Fsp3) is 0.185. The first-order valence-corrected chi connectivity index (χ1v) is 14.5. The predicted molar refractivity (Wildman–Crippen MR) is 156 cm³/mol. The van der Waals surface area contributed by atoms with Gasteiger partial charge < -0.3 is 20.6 Å². The van der Waals surface area contributed by atoms with Crippen LogP contribution in [0.25, 0.3) is 0 Å². The topological polar surface area (TPSA) is 149 Å². The van der Waals surface area contributed by atoms with Crippen LogP contribution < -0.4 is 11.1 Å². The lowest BCUT2D eigenvalue weighted by atomic mass is 10.0. The molecule has 2 amide bonds. The van der Waals surface area contributed by atoms with Crippen molar-refractivity contribution in [1.82, 2.24) is 19.6 Å². The molecule has 1 aromatic heterocycles. The van der Waals surface area contributed by atoms with Crippen LogP contribution >= 0.6 is 34.9 Å². The smallest absolute Gasteiger partial charge is 0.356 e. The van der Waals surface area contributed by atoms with Crippen LogP contribution in [0.4, 0.5) is 5.13 Å². The number of esters is 1. The van der Waals surface area contributed by atoms with Gasteiger partial charge >= 0.3 is 5.97 Å². The number of nitrogens with two attached hydrogens (primary N) is 1. The number of rotatable bonds is 9. The second-order valence-electron chi connectivity index (χ2n) is 8.71. The van der Waals surface area contributed by atoms with Crippen molar-refractivity contribution >= 4 is 63.5 Å². The summed E-state index contributed by atoms with van der Waals surface area (Å²) < 4.78 is 10.1. The Balaban J connectivity index is 1.40. The molecule has 210 valence electrons. The number of halogens is 1. The van der Waals surface area contributed by atoms with Crippen molar-refractivity contribution < 1.29 is 24.0 Å². The van der Waals surface area contributed by atoms with Gasteiger partial charge in [-0.1, -0.05) is 77.4 Å². The minimum absolute atomic E-state index is 0.0293. The van der Waals surface area contributed by atoms with Gasteiger partial charge in [0.15, 0.2) is 11.2 Å². The molecule has 1 unspecified atom stereocenters. The maximum absolute atomic E-state index is 13.8. The van der Waals surface area contributed by atoms with E-state index in [4.69, 9.17) is 26.9 Å². The molecule has 2 aliphatic heterocycles. The minimum Gasteiger partial charge on any atom is -0.448 e. The highest BCUT2D eigenvalue weighted by atomic mass is 35.5. The summed E-state index contributed by atoms with van der Waals surface area (Å²) in [6.45, 7) is 0. The van der Waals surface area contributed by atoms with Crippen molar-refractivity contribution in [2.75, 3.05) is 18.6 Å². The number of aromatic nitrogens is 2. The average molecular weight is 611 g/mol. The summed E-state index contributed by atoms with van der Waals surface area (Å²) in [7, 11) is 1.27. The van der Waals surface area contributed by atoms with Crippen LogP contribution in [-0.4, -0.2) is 62.0 Å². The van der Waals surface area contributed by atoms with Crippen molar-refractivity contribution in [2.24, 2.45) is 5.16 Å². The van der Waals surface area contributed by atoms with Crippen molar-refractivity contribution in [2.45, 2.75) is 17.5 Å². The molecule has 3 aromatic rings. The molecule has 11 nitrogen and oxygen atoms in total. The molecule has 0 aliphatic carbocycles. The first kappa shape index (κ1) is 28.3. The van der Waals surface area contributed by atoms with Gasteiger partial charge in [0.2, 0.25) is 11.5 Å². The quantitative estimate of drug-likeness (QED) is 0.161. The normalized spacial score (nSPS) is 18.8. The molecule has 2 aliphatic rings. The molecule has 1 saturated heterocycles. The molecule has 2 aromatic carbocycles. The van der Waals surface area contributed by atoms with Gasteiger partial charge in [0.05, 0.1) is 0 Å². The van der Waals surface area contributed by atoms with Gasteiger partial charge in [0.25, 0.3) is 11.8 Å². The van der Waals surface area contributed by atoms with E-state index in [1.807, 2.05) is 60.7 Å². The molecular formula is C27H23ClN6O5S2. The number of thioether (sulfide) groups is 1. The van der Waals surface area contributed by atoms with E-state index in [2.05, 4.69) is 19.8 Å². The zero-order valence-electron chi connectivity index (χ0n) is 21.5. The van der Waals surface area contributed by atoms with E-state index in [1.54, 1.807) is 6.08 Å². The number of benzene rings is 2. The molecule has 3 heterocycles. The van der Waals surface area contributed by atoms with E-state index in [0.717, 1.165) is 22.7 Å². The Hall–Kier alpha value is -4.20. The van der Waals surface area contributed by atoms with E-state index >= 15 is 0 Å². The number of carbonyl (C=O) groups is 3. The van der Waals surface area contributed by atoms with Crippen LogP contribution in [0.3, 0.4) is 0 Å². The summed E-state index contributed by atoms with van der Waals surface area (Å²) >= 11 is 8.14. The lowest BCUT2D eigenvalue weighted by molar-refractivity contribution is -0.154. The van der Waals surface area contributed by atoms with Crippen LogP contribution in [0.2, 0.25) is 0 Å². The zero-order chi connectivity index (χ0) is 28.9. The number of nitrogen functional groups attached to an aromatic ring is 1. The number of oxime groups is 1. The Kier molecular flexibility index (Phi) is 8.67. The molecule has 0 bridgehead atoms. The molecule has 0 spiro atoms. The molecule has 1 fully saturated rings. The third-order valence-electron chi connectivity index (χ3n) is 6.22. The number of β-lactam (4-membered cyclic amide) rings is 1. The summed E-state index contributed by atoms with van der Waals surface area (Å²) in [4.78, 5) is 50.3. The molecule has 3 N–H and O–H groups in total. The number of nitrogens with zero attached hydrogens (tertiary/aromatic N) is 4. The van der Waals surface area contributed by atoms with Gasteiger partial charge in [-0.05, 0) is 22.8 Å². The number of allylic oxidation sites excluding steroid dienone is 1. The van der Waals surface area contributed by atoms with Gasteiger partial charge in [0.1, 0.15) is 24.2 Å². The van der Waals surface area contributed by atoms with Crippen LogP contribution in [0.15, 0.2) is 88.7 Å². The summed E-state index contributed by atoms with van der Waals surface area (Å²) in [6.07, 6.45) is 0.840. The molecule has 41 heavy (non-hydrogen) atoms. The van der Waals surface area contributed by atoms with Gasteiger partial charge in [-0.25, -0.2) is 4.79 Å². The third-order valence-corrected chi connectivity index (χ3v) is 8.19. The predicted octanol–water partition coefficient (Wildman–Crippen LogP) is 3.21. The standard InChI is InChI=1S/C27H23ClN6O5S2/c1-38-32-18(22-31-27(29)41-33-22)23(35)30-19-24(36)34-20(17(12-13-28)14-40-25(19)34)26(37)39-21(15-8-4-2-5-9-15)16-10-6-3-7-11-16/h2-13,19,21,25H,14H2,1H3,(H,30,35)(H2,29,31,33)/b13-12+,32-18?/t19?,25-/m0/s1. The molecule has 2 atom stereocenters. The molecule has 0 radical (unpaired) electrons.